The van der Waals surface area contributed by atoms with Crippen molar-refractivity contribution in [1.29, 1.82) is 0 Å². The van der Waals surface area contributed by atoms with Crippen LogP contribution in [0.3, 0.4) is 0 Å². The number of carbonyl (C=O) groups is 6. The van der Waals surface area contributed by atoms with E-state index in [-0.39, 0.29) is 53.9 Å². The van der Waals surface area contributed by atoms with Gasteiger partial charge >= 0.3 is 36.2 Å². The second kappa shape index (κ2) is 29.6. The molecule has 3 aromatic rings. The summed E-state index contributed by atoms with van der Waals surface area (Å²) in [7, 11) is 0. The molecule has 0 N–H and O–H groups in total. The molecule has 0 spiro atoms. The van der Waals surface area contributed by atoms with Crippen molar-refractivity contribution >= 4 is 36.2 Å². The summed E-state index contributed by atoms with van der Waals surface area (Å²) in [6.07, 6.45) is 4.28. The van der Waals surface area contributed by atoms with Crippen molar-refractivity contribution in [3.05, 3.63) is 106 Å². The van der Waals surface area contributed by atoms with Crippen molar-refractivity contribution in [1.82, 2.24) is 19.6 Å². The van der Waals surface area contributed by atoms with Gasteiger partial charge < -0.3 is 43.1 Å². The van der Waals surface area contributed by atoms with Gasteiger partial charge in [-0.1, -0.05) is 72.8 Å². The number of rotatable bonds is 18. The number of hydrogen-bond donors (Lipinski definition) is 0. The van der Waals surface area contributed by atoms with Gasteiger partial charge in [-0.15, -0.1) is 0 Å². The van der Waals surface area contributed by atoms with Crippen LogP contribution in [0.1, 0.15) is 197 Å². The largest absolute Gasteiger partial charge is 0.460 e. The molecule has 0 unspecified atom stereocenters. The van der Waals surface area contributed by atoms with Crippen molar-refractivity contribution in [3.63, 3.8) is 0 Å². The Bertz CT molecular complexity index is 2520. The van der Waals surface area contributed by atoms with Crippen LogP contribution in [0.25, 0.3) is 0 Å². The molecule has 88 heavy (non-hydrogen) atoms. The second-order valence-corrected chi connectivity index (χ2v) is 31.1. The van der Waals surface area contributed by atoms with Crippen LogP contribution < -0.4 is 0 Å². The van der Waals surface area contributed by atoms with Crippen molar-refractivity contribution < 1.29 is 57.2 Å². The summed E-state index contributed by atoms with van der Waals surface area (Å²) in [5, 5.41) is 0. The highest BCUT2D eigenvalue weighted by Crippen LogP contribution is 2.36. The Hall–Kier alpha value is -6.16. The first-order valence-corrected chi connectivity index (χ1v) is 32.3. The van der Waals surface area contributed by atoms with Crippen molar-refractivity contribution in [2.45, 2.75) is 236 Å². The highest BCUT2D eigenvalue weighted by molar-refractivity contribution is 5.75. The molecule has 0 aliphatic carbocycles. The Morgan fingerprint density at radius 2 is 0.557 bits per heavy atom. The molecule has 3 saturated heterocycles. The zero-order valence-corrected chi connectivity index (χ0v) is 56.8. The summed E-state index contributed by atoms with van der Waals surface area (Å²) in [6, 6.07) is 25.4. The van der Waals surface area contributed by atoms with Gasteiger partial charge in [-0.2, -0.15) is 0 Å². The van der Waals surface area contributed by atoms with E-state index < -0.39 is 51.4 Å². The average molecular weight is 1220 g/mol. The molecule has 16 nitrogen and oxygen atoms in total. The molecule has 0 saturated carbocycles. The molecule has 0 aromatic heterocycles. The molecular weight excluding hydrogens is 1110 g/mol. The maximum absolute atomic E-state index is 14.2. The summed E-state index contributed by atoms with van der Waals surface area (Å²) in [6.45, 7) is 38.4. The number of carbonyl (C=O) groups excluding carboxylic acids is 6. The van der Waals surface area contributed by atoms with E-state index in [2.05, 4.69) is 77.7 Å². The number of ether oxygens (including phenoxy) is 6. The van der Waals surface area contributed by atoms with Crippen LogP contribution >= 0.6 is 0 Å². The predicted molar refractivity (Wildman–Crippen MR) is 343 cm³/mol. The molecule has 3 aliphatic rings. The molecule has 3 fully saturated rings. The lowest BCUT2D eigenvalue weighted by Crippen LogP contribution is -2.44. The minimum atomic E-state index is -0.682. The lowest BCUT2D eigenvalue weighted by atomic mass is 9.80. The molecule has 3 aliphatic heterocycles. The molecule has 3 aromatic carbocycles. The lowest BCUT2D eigenvalue weighted by Gasteiger charge is -2.37. The van der Waals surface area contributed by atoms with Gasteiger partial charge in [0.05, 0.1) is 17.8 Å². The first-order chi connectivity index (χ1) is 40.7. The predicted octanol–water partition coefficient (Wildman–Crippen LogP) is 14.3. The zero-order chi connectivity index (χ0) is 65.2. The lowest BCUT2D eigenvalue weighted by molar-refractivity contribution is -0.163. The smallest absolute Gasteiger partial charge is 0.410 e. The average Bonchev–Trinajstić information content (AvgIpc) is 3.53. The molecule has 488 valence electrons. The van der Waals surface area contributed by atoms with Crippen LogP contribution in [0.15, 0.2) is 72.8 Å². The van der Waals surface area contributed by atoms with Gasteiger partial charge in [0.1, 0.15) is 33.6 Å². The molecule has 3 heterocycles. The topological polar surface area (TPSA) is 171 Å². The zero-order valence-electron chi connectivity index (χ0n) is 56.8. The van der Waals surface area contributed by atoms with Gasteiger partial charge in [-0.05, 0) is 234 Å². The number of nitrogens with zero attached hydrogens (tertiary/aromatic N) is 4. The third-order valence-corrected chi connectivity index (χ3v) is 16.0. The van der Waals surface area contributed by atoms with Gasteiger partial charge in [0.15, 0.2) is 0 Å². The van der Waals surface area contributed by atoms with E-state index in [9.17, 15) is 28.8 Å². The molecule has 3 amide bonds. The Morgan fingerprint density at radius 3 is 0.761 bits per heavy atom. The fourth-order valence-electron chi connectivity index (χ4n) is 12.2. The number of amides is 3. The van der Waals surface area contributed by atoms with Gasteiger partial charge in [-0.25, -0.2) is 14.4 Å². The standard InChI is InChI=1S/C72H108N4O12/c1-67(2,3)83-61(77)58(55-28-34-74(35-29-55)64(80)86-70(10,11)12)43-49-22-19-25-52(40-49)46-73(47-53-26-20-23-50(41-53)44-59(62(78)84-68(4,5)6)56-30-36-75(37-31-56)65(81)87-71(13,14)15)48-54-27-21-24-51(42-54)45-60(63(79)85-69(7,8)9)57-32-38-76(39-33-57)66(82)88-72(16,17)18/h19-27,40-42,55-60H,28-39,43-48H2,1-18H3/t58-,59-,60-/m0/s1. The minimum absolute atomic E-state index is 0.00634. The Balaban J connectivity index is 1.30. The molecular formula is C72H108N4O12. The Kier molecular flexibility index (Phi) is 23.9. The monoisotopic (exact) mass is 1220 g/mol. The fourth-order valence-corrected chi connectivity index (χ4v) is 12.2. The van der Waals surface area contributed by atoms with Crippen LogP contribution in [-0.4, -0.2) is 129 Å². The quantitative estimate of drug-likeness (QED) is 0.0871. The number of benzene rings is 3. The molecule has 6 rings (SSSR count). The summed E-state index contributed by atoms with van der Waals surface area (Å²) >= 11 is 0. The number of piperidine rings is 3. The summed E-state index contributed by atoms with van der Waals surface area (Å²) in [4.78, 5) is 89.6. The third-order valence-electron chi connectivity index (χ3n) is 16.0. The third kappa shape index (κ3) is 24.0. The van der Waals surface area contributed by atoms with Crippen molar-refractivity contribution in [2.75, 3.05) is 39.3 Å². The van der Waals surface area contributed by atoms with Gasteiger partial charge in [0.2, 0.25) is 0 Å². The van der Waals surface area contributed by atoms with E-state index in [1.165, 1.54) is 0 Å². The summed E-state index contributed by atoms with van der Waals surface area (Å²) in [5.74, 6) is -2.03. The van der Waals surface area contributed by atoms with Crippen molar-refractivity contribution in [3.8, 4) is 0 Å². The van der Waals surface area contributed by atoms with Gasteiger partial charge in [0, 0.05) is 58.9 Å². The number of likely N-dealkylation sites (tertiary alicyclic amines) is 3. The van der Waals surface area contributed by atoms with E-state index in [0.717, 1.165) is 33.4 Å². The molecule has 16 heteroatoms. The van der Waals surface area contributed by atoms with E-state index >= 15 is 0 Å². The normalized spacial score (nSPS) is 17.4. The maximum atomic E-state index is 14.2. The van der Waals surface area contributed by atoms with Crippen LogP contribution in [0, 0.1) is 35.5 Å². The molecule has 3 atom stereocenters. The van der Waals surface area contributed by atoms with Crippen molar-refractivity contribution in [2.24, 2.45) is 35.5 Å². The SMILES string of the molecule is CC(C)(C)OC(=O)[C@@H](Cc1cccc(CN(Cc2cccc(C[C@H](C(=O)OC(C)(C)C)C3CCN(C(=O)OC(C)(C)C)CC3)c2)Cc2cccc(C[C@H](C(=O)OC(C)(C)C)C3CCN(C(=O)OC(C)(C)C)CC3)c2)c1)C1CCN(C(=O)OC(C)(C)C)CC1. The van der Waals surface area contributed by atoms with Crippen LogP contribution in [0.5, 0.6) is 0 Å². The fraction of sp³-hybridized carbons (Fsp3) is 0.667. The van der Waals surface area contributed by atoms with E-state index in [1.54, 1.807) is 14.7 Å². The van der Waals surface area contributed by atoms with Crippen LogP contribution in [0.4, 0.5) is 14.4 Å². The van der Waals surface area contributed by atoms with Gasteiger partial charge in [0.25, 0.3) is 0 Å². The highest BCUT2D eigenvalue weighted by atomic mass is 16.6. The summed E-state index contributed by atoms with van der Waals surface area (Å²) < 4.78 is 35.4. The maximum Gasteiger partial charge on any atom is 0.410 e. The molecule has 0 radical (unpaired) electrons. The Labute approximate surface area is 527 Å². The van der Waals surface area contributed by atoms with E-state index in [0.29, 0.717) is 117 Å². The number of hydrogen-bond acceptors (Lipinski definition) is 13. The highest BCUT2D eigenvalue weighted by Gasteiger charge is 2.40. The molecule has 0 bridgehead atoms. The number of esters is 3. The minimum Gasteiger partial charge on any atom is -0.460 e. The van der Waals surface area contributed by atoms with Crippen LogP contribution in [0.2, 0.25) is 0 Å². The summed E-state index contributed by atoms with van der Waals surface area (Å²) in [5.41, 5.74) is 2.37. The van der Waals surface area contributed by atoms with Crippen LogP contribution in [-0.2, 0) is 81.7 Å². The second-order valence-electron chi connectivity index (χ2n) is 31.1. The van der Waals surface area contributed by atoms with Gasteiger partial charge in [-0.3, -0.25) is 19.3 Å². The first kappa shape index (κ1) is 70.9. The van der Waals surface area contributed by atoms with E-state index in [4.69, 9.17) is 28.4 Å². The first-order valence-electron chi connectivity index (χ1n) is 32.3. The van der Waals surface area contributed by atoms with E-state index in [1.807, 2.05) is 125 Å². The Morgan fingerprint density at radius 1 is 0.352 bits per heavy atom.